The van der Waals surface area contributed by atoms with E-state index in [1.807, 2.05) is 36.5 Å². The van der Waals surface area contributed by atoms with E-state index in [-0.39, 0.29) is 18.3 Å². The number of aryl methyl sites for hydroxylation is 1. The predicted molar refractivity (Wildman–Crippen MR) is 105 cm³/mol. The highest BCUT2D eigenvalue weighted by Gasteiger charge is 2.34. The van der Waals surface area contributed by atoms with Crippen LogP contribution in [0, 0.1) is 0 Å². The number of rotatable bonds is 2. The number of para-hydroxylation sites is 1. The maximum Gasteiger partial charge on any atom is 0.290 e. The lowest BCUT2D eigenvalue weighted by molar-refractivity contribution is -0.122. The van der Waals surface area contributed by atoms with Crippen molar-refractivity contribution in [3.05, 3.63) is 59.4 Å². The van der Waals surface area contributed by atoms with Crippen LogP contribution in [0.2, 0.25) is 0 Å². The summed E-state index contributed by atoms with van der Waals surface area (Å²) in [7, 11) is 1.88. The summed E-state index contributed by atoms with van der Waals surface area (Å²) in [5, 5.41) is 11.2. The molecule has 0 radical (unpaired) electrons. The summed E-state index contributed by atoms with van der Waals surface area (Å²) in [6, 6.07) is 5.44. The first-order valence-corrected chi connectivity index (χ1v) is 9.38. The second-order valence-electron chi connectivity index (χ2n) is 6.89. The van der Waals surface area contributed by atoms with E-state index in [0.717, 1.165) is 17.0 Å². The fraction of sp³-hybridized carbons (Fsp3) is 0.300. The van der Waals surface area contributed by atoms with Crippen LogP contribution in [0.25, 0.3) is 0 Å². The summed E-state index contributed by atoms with van der Waals surface area (Å²) in [6.45, 7) is 1.71. The molecular weight excluding hydrogens is 390 g/mol. The lowest BCUT2D eigenvalue weighted by atomic mass is 9.92. The molecule has 2 aromatic heterocycles. The Morgan fingerprint density at radius 3 is 2.90 bits per heavy atom. The summed E-state index contributed by atoms with van der Waals surface area (Å²) < 4.78 is 13.1. The molecular formula is C20H21N5O5. The molecule has 1 amide bonds. The van der Waals surface area contributed by atoms with Gasteiger partial charge in [0.25, 0.3) is 12.4 Å². The van der Waals surface area contributed by atoms with Crippen molar-refractivity contribution in [2.45, 2.75) is 12.5 Å². The molecule has 156 valence electrons. The summed E-state index contributed by atoms with van der Waals surface area (Å²) >= 11 is 0. The Balaban J connectivity index is 0.000000687. The van der Waals surface area contributed by atoms with Crippen LogP contribution in [0.5, 0.6) is 11.5 Å². The second kappa shape index (κ2) is 8.27. The molecule has 0 aliphatic carbocycles. The van der Waals surface area contributed by atoms with Gasteiger partial charge in [-0.1, -0.05) is 6.07 Å². The average molecular weight is 411 g/mol. The zero-order chi connectivity index (χ0) is 21.1. The van der Waals surface area contributed by atoms with Crippen LogP contribution < -0.4 is 9.47 Å². The average Bonchev–Trinajstić information content (AvgIpc) is 3.41. The van der Waals surface area contributed by atoms with E-state index in [1.54, 1.807) is 17.1 Å². The Hall–Kier alpha value is -3.82. The molecule has 2 aliphatic heterocycles. The first-order valence-electron chi connectivity index (χ1n) is 9.38. The number of hydrogen-bond acceptors (Lipinski definition) is 6. The predicted octanol–water partition coefficient (Wildman–Crippen LogP) is 1.40. The van der Waals surface area contributed by atoms with Gasteiger partial charge in [0.15, 0.2) is 11.5 Å². The van der Waals surface area contributed by atoms with Crippen molar-refractivity contribution in [3.63, 3.8) is 0 Å². The highest BCUT2D eigenvalue weighted by molar-refractivity contribution is 5.98. The van der Waals surface area contributed by atoms with Gasteiger partial charge in [-0.25, -0.2) is 4.98 Å². The van der Waals surface area contributed by atoms with Crippen molar-refractivity contribution in [2.75, 3.05) is 19.8 Å². The van der Waals surface area contributed by atoms with Crippen molar-refractivity contribution in [2.24, 2.45) is 7.05 Å². The van der Waals surface area contributed by atoms with Crippen LogP contribution in [0.3, 0.4) is 0 Å². The maximum absolute atomic E-state index is 13.3. The lowest BCUT2D eigenvalue weighted by Crippen LogP contribution is -2.39. The Kier molecular flexibility index (Phi) is 5.38. The van der Waals surface area contributed by atoms with Crippen LogP contribution in [-0.2, 0) is 18.4 Å². The van der Waals surface area contributed by atoms with Gasteiger partial charge in [0.05, 0.1) is 36.0 Å². The summed E-state index contributed by atoms with van der Waals surface area (Å²) in [6.07, 6.45) is 5.49. The van der Waals surface area contributed by atoms with Gasteiger partial charge in [-0.15, -0.1) is 0 Å². The first-order chi connectivity index (χ1) is 14.6. The van der Waals surface area contributed by atoms with Crippen molar-refractivity contribution in [1.82, 2.24) is 24.6 Å². The third-order valence-electron chi connectivity index (χ3n) is 5.04. The second-order valence-corrected chi connectivity index (χ2v) is 6.89. The van der Waals surface area contributed by atoms with Crippen LogP contribution in [0.4, 0.5) is 0 Å². The van der Waals surface area contributed by atoms with Gasteiger partial charge in [-0.2, -0.15) is 5.10 Å². The number of carbonyl (C=O) groups excluding carboxylic acids is 1. The molecule has 1 aromatic carbocycles. The number of amides is 1. The standard InChI is InChI=1S/C19H19N5O3.CH2O2/c1-23-8-12(7-22-23)14-9-24(10-15-17(14)21-11-20-15)19(25)13-3-2-4-16-18(13)27-6-5-26-16;2-1-3/h2-4,7-8,11,14H,5-6,9-10H2,1H3,(H,20,21);1H,(H,2,3). The fourth-order valence-corrected chi connectivity index (χ4v) is 3.77. The van der Waals surface area contributed by atoms with Gasteiger partial charge in [-0.05, 0) is 12.1 Å². The number of H-pyrrole nitrogens is 1. The van der Waals surface area contributed by atoms with Gasteiger partial charge in [-0.3, -0.25) is 14.3 Å². The van der Waals surface area contributed by atoms with Crippen molar-refractivity contribution in [1.29, 1.82) is 0 Å². The van der Waals surface area contributed by atoms with E-state index in [1.165, 1.54) is 0 Å². The number of fused-ring (bicyclic) bond motifs is 2. The number of carboxylic acid groups (broad SMARTS) is 1. The number of aromatic nitrogens is 4. The van der Waals surface area contributed by atoms with Crippen LogP contribution in [-0.4, -0.2) is 61.9 Å². The molecule has 30 heavy (non-hydrogen) atoms. The Bertz CT molecular complexity index is 1060. The Morgan fingerprint density at radius 2 is 2.13 bits per heavy atom. The molecule has 10 heteroatoms. The number of carbonyl (C=O) groups is 2. The fourth-order valence-electron chi connectivity index (χ4n) is 3.77. The van der Waals surface area contributed by atoms with Crippen molar-refractivity contribution >= 4 is 12.4 Å². The number of aromatic amines is 1. The van der Waals surface area contributed by atoms with E-state index < -0.39 is 0 Å². The molecule has 0 saturated heterocycles. The van der Waals surface area contributed by atoms with E-state index in [2.05, 4.69) is 15.1 Å². The number of hydrogen-bond donors (Lipinski definition) is 2. The van der Waals surface area contributed by atoms with Gasteiger partial charge >= 0.3 is 0 Å². The molecule has 1 atom stereocenters. The topological polar surface area (TPSA) is 123 Å². The normalized spacial score (nSPS) is 16.8. The van der Waals surface area contributed by atoms with E-state index in [0.29, 0.717) is 43.4 Å². The van der Waals surface area contributed by atoms with Crippen LogP contribution in [0.15, 0.2) is 36.9 Å². The van der Waals surface area contributed by atoms with Gasteiger partial charge in [0.2, 0.25) is 0 Å². The third kappa shape index (κ3) is 3.59. The van der Waals surface area contributed by atoms with Crippen molar-refractivity contribution in [3.8, 4) is 11.5 Å². The summed E-state index contributed by atoms with van der Waals surface area (Å²) in [4.78, 5) is 31.2. The molecule has 5 rings (SSSR count). The Labute approximate surface area is 172 Å². The summed E-state index contributed by atoms with van der Waals surface area (Å²) in [5.74, 6) is 1.05. The SMILES string of the molecule is Cn1cc(C2CN(C(=O)c3cccc4c3OCCO4)Cc3[nH]cnc32)cn1.O=CO. The molecule has 0 saturated carbocycles. The third-order valence-corrected chi connectivity index (χ3v) is 5.04. The number of ether oxygens (including phenoxy) is 2. The maximum atomic E-state index is 13.3. The van der Waals surface area contributed by atoms with Crippen LogP contribution in [0.1, 0.15) is 33.2 Å². The van der Waals surface area contributed by atoms with E-state index in [9.17, 15) is 4.79 Å². The smallest absolute Gasteiger partial charge is 0.290 e. The number of nitrogens with one attached hydrogen (secondary N) is 1. The molecule has 0 spiro atoms. The number of nitrogens with zero attached hydrogens (tertiary/aromatic N) is 4. The largest absolute Gasteiger partial charge is 0.486 e. The molecule has 0 bridgehead atoms. The van der Waals surface area contributed by atoms with E-state index >= 15 is 0 Å². The van der Waals surface area contributed by atoms with E-state index in [4.69, 9.17) is 19.4 Å². The Morgan fingerprint density at radius 1 is 1.33 bits per heavy atom. The molecule has 0 fully saturated rings. The molecule has 1 unspecified atom stereocenters. The van der Waals surface area contributed by atoms with Gasteiger partial charge in [0.1, 0.15) is 13.2 Å². The molecule has 10 nitrogen and oxygen atoms in total. The monoisotopic (exact) mass is 411 g/mol. The number of benzene rings is 1. The zero-order valence-electron chi connectivity index (χ0n) is 16.3. The van der Waals surface area contributed by atoms with Gasteiger partial charge in [0, 0.05) is 31.3 Å². The minimum atomic E-state index is -0.250. The zero-order valence-corrected chi connectivity index (χ0v) is 16.3. The van der Waals surface area contributed by atoms with Crippen LogP contribution >= 0.6 is 0 Å². The summed E-state index contributed by atoms with van der Waals surface area (Å²) in [5.41, 5.74) is 3.49. The number of imidazole rings is 1. The quantitative estimate of drug-likeness (QED) is 0.611. The van der Waals surface area contributed by atoms with Crippen molar-refractivity contribution < 1.29 is 24.2 Å². The molecule has 2 aliphatic rings. The highest BCUT2D eigenvalue weighted by Crippen LogP contribution is 2.37. The molecule has 4 heterocycles. The molecule has 2 N–H and O–H groups in total. The molecule has 3 aromatic rings. The lowest BCUT2D eigenvalue weighted by Gasteiger charge is -2.32. The van der Waals surface area contributed by atoms with Gasteiger partial charge < -0.3 is 24.5 Å². The first kappa shape index (κ1) is 19.5. The minimum absolute atomic E-state index is 0.0191. The minimum Gasteiger partial charge on any atom is -0.486 e. The highest BCUT2D eigenvalue weighted by atomic mass is 16.6.